The summed E-state index contributed by atoms with van der Waals surface area (Å²) in [7, 11) is 0. The summed E-state index contributed by atoms with van der Waals surface area (Å²) >= 11 is 20.1. The van der Waals surface area contributed by atoms with Crippen molar-refractivity contribution in [2.45, 2.75) is 8.42 Å². The number of rotatable bonds is 0. The van der Waals surface area contributed by atoms with Crippen molar-refractivity contribution in [3.8, 4) is 0 Å². The summed E-state index contributed by atoms with van der Waals surface area (Å²) in [5.41, 5.74) is 0. The Balaban J connectivity index is 1.63. The third-order valence-electron chi connectivity index (χ3n) is 2.00. The van der Waals surface area contributed by atoms with Crippen LogP contribution in [0, 0.1) is 3.14 Å². The van der Waals surface area contributed by atoms with Gasteiger partial charge in [-0.1, -0.05) is 82.8 Å². The number of hydrogen-bond donors (Lipinski definition) is 0. The third kappa shape index (κ3) is 2.43. The van der Waals surface area contributed by atoms with Crippen LogP contribution in [0.3, 0.4) is 0 Å². The van der Waals surface area contributed by atoms with Crippen LogP contribution in [0.1, 0.15) is 0 Å². The zero-order valence-corrected chi connectivity index (χ0v) is 15.7. The SMILES string of the molecule is S=c1sc2c(s1)SC1=C(SC(=C3SC=CS3)S1)S2. The van der Waals surface area contributed by atoms with E-state index in [2.05, 4.69) is 10.8 Å². The molecule has 3 aliphatic rings. The van der Waals surface area contributed by atoms with Crippen molar-refractivity contribution in [2.75, 3.05) is 0 Å². The van der Waals surface area contributed by atoms with Crippen LogP contribution in [0.4, 0.5) is 0 Å². The molecule has 0 spiro atoms. The monoisotopic (exact) mass is 398 g/mol. The normalized spacial score (nSPS) is 21.8. The van der Waals surface area contributed by atoms with Gasteiger partial charge in [0.15, 0.2) is 0 Å². The highest BCUT2D eigenvalue weighted by atomic mass is 32.3. The molecule has 1 aromatic heterocycles. The highest BCUT2D eigenvalue weighted by molar-refractivity contribution is 8.43. The molecule has 0 unspecified atom stereocenters. The maximum absolute atomic E-state index is 5.28. The lowest BCUT2D eigenvalue weighted by Crippen LogP contribution is -1.76. The summed E-state index contributed by atoms with van der Waals surface area (Å²) in [6.07, 6.45) is 0. The summed E-state index contributed by atoms with van der Waals surface area (Å²) < 4.78 is 9.57. The van der Waals surface area contributed by atoms with E-state index in [0.29, 0.717) is 0 Å². The average Bonchev–Trinajstić information content (AvgIpc) is 3.02. The fraction of sp³-hybridized carbons (Fsp3) is 0. The quantitative estimate of drug-likeness (QED) is 0.411. The first-order valence-corrected chi connectivity index (χ1v) is 11.7. The second-order valence-electron chi connectivity index (χ2n) is 3.09. The maximum atomic E-state index is 5.28. The van der Waals surface area contributed by atoms with E-state index >= 15 is 0 Å². The minimum atomic E-state index is 1.04. The zero-order valence-electron chi connectivity index (χ0n) is 8.33. The molecule has 9 heteroatoms. The van der Waals surface area contributed by atoms with Gasteiger partial charge in [-0.15, -0.1) is 22.7 Å². The molecular formula is C9H2S9. The van der Waals surface area contributed by atoms with Gasteiger partial charge >= 0.3 is 0 Å². The Morgan fingerprint density at radius 2 is 1.17 bits per heavy atom. The van der Waals surface area contributed by atoms with Gasteiger partial charge in [0.05, 0.1) is 25.4 Å². The van der Waals surface area contributed by atoms with Crippen LogP contribution < -0.4 is 0 Å². The number of fused-ring (bicyclic) bond motifs is 1. The van der Waals surface area contributed by atoms with Crippen molar-refractivity contribution in [3.05, 3.63) is 30.9 Å². The molecule has 0 saturated heterocycles. The summed E-state index contributed by atoms with van der Waals surface area (Å²) in [5, 5.41) is 4.32. The van der Waals surface area contributed by atoms with E-state index < -0.39 is 0 Å². The van der Waals surface area contributed by atoms with Crippen molar-refractivity contribution in [2.24, 2.45) is 0 Å². The molecule has 0 bridgehead atoms. The van der Waals surface area contributed by atoms with Gasteiger partial charge in [0.2, 0.25) is 0 Å². The van der Waals surface area contributed by atoms with Crippen molar-refractivity contribution < 1.29 is 0 Å². The first-order valence-electron chi connectivity index (χ1n) is 4.62. The average molecular weight is 399 g/mol. The summed E-state index contributed by atoms with van der Waals surface area (Å²) in [6.45, 7) is 0. The second-order valence-corrected chi connectivity index (χ2v) is 13.8. The van der Waals surface area contributed by atoms with E-state index in [1.807, 2.05) is 70.6 Å². The Hall–Kier alpha value is 1.59. The molecule has 0 aliphatic carbocycles. The summed E-state index contributed by atoms with van der Waals surface area (Å²) in [5.74, 6) is 0. The molecule has 3 aliphatic heterocycles. The van der Waals surface area contributed by atoms with E-state index in [1.165, 1.54) is 25.4 Å². The predicted octanol–water partition coefficient (Wildman–Crippen LogP) is 7.42. The van der Waals surface area contributed by atoms with E-state index in [4.69, 9.17) is 12.2 Å². The molecule has 0 saturated carbocycles. The topological polar surface area (TPSA) is 0 Å². The van der Waals surface area contributed by atoms with Crippen LogP contribution >= 0.6 is 105 Å². The van der Waals surface area contributed by atoms with Crippen molar-refractivity contribution in [1.29, 1.82) is 0 Å². The first-order chi connectivity index (χ1) is 8.79. The Morgan fingerprint density at radius 3 is 1.72 bits per heavy atom. The third-order valence-corrected chi connectivity index (χ3v) is 13.4. The van der Waals surface area contributed by atoms with Gasteiger partial charge in [0, 0.05) is 0 Å². The Labute approximate surface area is 143 Å². The smallest absolute Gasteiger partial charge is 0.105 e. The fourth-order valence-electron chi connectivity index (χ4n) is 1.33. The van der Waals surface area contributed by atoms with Gasteiger partial charge in [-0.3, -0.25) is 0 Å². The van der Waals surface area contributed by atoms with Gasteiger partial charge in [-0.2, -0.15) is 0 Å². The Bertz CT molecular complexity index is 620. The molecule has 0 nitrogen and oxygen atoms in total. The van der Waals surface area contributed by atoms with Gasteiger partial charge in [-0.05, 0) is 10.8 Å². The van der Waals surface area contributed by atoms with Crippen LogP contribution in [0.15, 0.2) is 36.2 Å². The van der Waals surface area contributed by atoms with Gasteiger partial charge in [-0.25, -0.2) is 0 Å². The zero-order chi connectivity index (χ0) is 12.1. The van der Waals surface area contributed by atoms with Gasteiger partial charge < -0.3 is 0 Å². The molecule has 0 amide bonds. The van der Waals surface area contributed by atoms with Crippen LogP contribution in [0.5, 0.6) is 0 Å². The van der Waals surface area contributed by atoms with Crippen LogP contribution in [-0.2, 0) is 0 Å². The Kier molecular flexibility index (Phi) is 3.99. The lowest BCUT2D eigenvalue weighted by atomic mass is 11.1. The highest BCUT2D eigenvalue weighted by Gasteiger charge is 2.31. The van der Waals surface area contributed by atoms with Crippen molar-refractivity contribution in [1.82, 2.24) is 0 Å². The largest absolute Gasteiger partial charge is 0.145 e. The molecule has 0 atom stereocenters. The van der Waals surface area contributed by atoms with E-state index in [-0.39, 0.29) is 0 Å². The molecule has 0 aromatic carbocycles. The van der Waals surface area contributed by atoms with Crippen molar-refractivity contribution in [3.63, 3.8) is 0 Å². The summed E-state index contributed by atoms with van der Waals surface area (Å²) in [6, 6.07) is 0. The van der Waals surface area contributed by atoms with Gasteiger partial charge in [0.25, 0.3) is 0 Å². The molecule has 1 aromatic rings. The van der Waals surface area contributed by atoms with Crippen LogP contribution in [0.25, 0.3) is 0 Å². The molecular weight excluding hydrogens is 397 g/mol. The maximum Gasteiger partial charge on any atom is 0.145 e. The lowest BCUT2D eigenvalue weighted by Gasteiger charge is -2.09. The Morgan fingerprint density at radius 1 is 0.667 bits per heavy atom. The second kappa shape index (κ2) is 5.42. The molecule has 92 valence electrons. The predicted molar refractivity (Wildman–Crippen MR) is 98.3 cm³/mol. The molecule has 0 fully saturated rings. The molecule has 4 rings (SSSR count). The standard InChI is InChI=1S/C9H2S9/c10-9-17-7-8(18-9)16-6-5(15-7)13-4(14-6)3-11-1-2-12-3/h1-2H. The van der Waals surface area contributed by atoms with E-state index in [1.54, 1.807) is 22.7 Å². The molecule has 0 radical (unpaired) electrons. The molecule has 4 heterocycles. The number of thioether (sulfide) groups is 6. The molecule has 0 N–H and O–H groups in total. The van der Waals surface area contributed by atoms with Crippen LogP contribution in [-0.4, -0.2) is 0 Å². The molecule has 18 heavy (non-hydrogen) atoms. The first kappa shape index (κ1) is 13.3. The van der Waals surface area contributed by atoms with Gasteiger partial charge in [0.1, 0.15) is 3.14 Å². The number of hydrogen-bond acceptors (Lipinski definition) is 9. The lowest BCUT2D eigenvalue weighted by molar-refractivity contribution is 1.53. The van der Waals surface area contributed by atoms with Crippen LogP contribution in [0.2, 0.25) is 0 Å². The van der Waals surface area contributed by atoms with E-state index in [0.717, 1.165) is 3.14 Å². The minimum Gasteiger partial charge on any atom is -0.105 e. The minimum absolute atomic E-state index is 1.04. The van der Waals surface area contributed by atoms with Crippen molar-refractivity contribution >= 4 is 105 Å². The van der Waals surface area contributed by atoms with E-state index in [9.17, 15) is 0 Å². The summed E-state index contributed by atoms with van der Waals surface area (Å²) in [4.78, 5) is 0. The highest BCUT2D eigenvalue weighted by Crippen LogP contribution is 2.67. The fourth-order valence-corrected chi connectivity index (χ4v) is 13.4.